The summed E-state index contributed by atoms with van der Waals surface area (Å²) in [5, 5.41) is 18.0. The van der Waals surface area contributed by atoms with E-state index in [-0.39, 0.29) is 6.42 Å². The van der Waals surface area contributed by atoms with Crippen molar-refractivity contribution in [1.29, 1.82) is 0 Å². The number of hydrogen-bond acceptors (Lipinski definition) is 5. The summed E-state index contributed by atoms with van der Waals surface area (Å²) < 4.78 is 0. The van der Waals surface area contributed by atoms with Gasteiger partial charge in [-0.1, -0.05) is 13.8 Å². The molecule has 0 spiro atoms. The minimum Gasteiger partial charge on any atom is -0.481 e. The molecule has 2 N–H and O–H groups in total. The van der Waals surface area contributed by atoms with E-state index in [1.165, 1.54) is 0 Å². The van der Waals surface area contributed by atoms with Crippen molar-refractivity contribution < 1.29 is 15.0 Å². The van der Waals surface area contributed by atoms with E-state index in [1.54, 1.807) is 27.0 Å². The van der Waals surface area contributed by atoms with Gasteiger partial charge in [-0.25, -0.2) is 0 Å². The Labute approximate surface area is 186 Å². The van der Waals surface area contributed by atoms with E-state index in [4.69, 9.17) is 5.11 Å². The van der Waals surface area contributed by atoms with Crippen LogP contribution in [0.4, 0.5) is 5.69 Å². The number of piperidine rings is 1. The van der Waals surface area contributed by atoms with Gasteiger partial charge in [0, 0.05) is 48.0 Å². The van der Waals surface area contributed by atoms with Crippen LogP contribution in [-0.4, -0.2) is 44.8 Å². The number of aromatic nitrogens is 2. The van der Waals surface area contributed by atoms with Gasteiger partial charge in [-0.05, 0) is 70.6 Å². The number of carboxylic acid groups (broad SMARTS) is 1. The summed E-state index contributed by atoms with van der Waals surface area (Å²) in [7, 11) is 0. The first-order chi connectivity index (χ1) is 14.3. The topological polar surface area (TPSA) is 86.5 Å². The molecule has 1 aliphatic heterocycles. The molecule has 0 aliphatic carbocycles. The highest BCUT2D eigenvalue weighted by atomic mass is 16.4. The Balaban J connectivity index is 0.000000614. The van der Waals surface area contributed by atoms with Crippen molar-refractivity contribution >= 4 is 11.7 Å². The van der Waals surface area contributed by atoms with Crippen LogP contribution in [0.15, 0.2) is 24.5 Å². The van der Waals surface area contributed by atoms with Gasteiger partial charge in [0.1, 0.15) is 0 Å². The Morgan fingerprint density at radius 2 is 1.74 bits per heavy atom. The van der Waals surface area contributed by atoms with Crippen LogP contribution in [0.2, 0.25) is 0 Å². The van der Waals surface area contributed by atoms with Crippen molar-refractivity contribution in [3.63, 3.8) is 0 Å². The van der Waals surface area contributed by atoms with Crippen molar-refractivity contribution in [2.24, 2.45) is 5.41 Å². The first-order valence-electron chi connectivity index (χ1n) is 10.9. The lowest BCUT2D eigenvalue weighted by atomic mass is 9.82. The fourth-order valence-corrected chi connectivity index (χ4v) is 3.62. The number of hydrogen-bond donors (Lipinski definition) is 2. The van der Waals surface area contributed by atoms with E-state index in [9.17, 15) is 9.90 Å². The maximum absolute atomic E-state index is 11.5. The Morgan fingerprint density at radius 1 is 1.16 bits per heavy atom. The molecular weight excluding hydrogens is 390 g/mol. The molecule has 1 aliphatic rings. The Morgan fingerprint density at radius 3 is 2.26 bits per heavy atom. The molecule has 0 bridgehead atoms. The third kappa shape index (κ3) is 7.62. The van der Waals surface area contributed by atoms with Crippen LogP contribution in [0, 0.1) is 19.3 Å². The number of carboxylic acids is 1. The van der Waals surface area contributed by atoms with Crippen LogP contribution < -0.4 is 4.90 Å². The predicted octanol–water partition coefficient (Wildman–Crippen LogP) is 4.79. The second-order valence-electron chi connectivity index (χ2n) is 10.2. The molecule has 6 nitrogen and oxygen atoms in total. The summed E-state index contributed by atoms with van der Waals surface area (Å²) in [4.78, 5) is 22.7. The number of aliphatic carboxylic acids is 1. The molecule has 31 heavy (non-hydrogen) atoms. The van der Waals surface area contributed by atoms with Crippen LogP contribution in [0.25, 0.3) is 11.1 Å². The summed E-state index contributed by atoms with van der Waals surface area (Å²) in [6.45, 7) is 15.6. The smallest absolute Gasteiger partial charge is 0.307 e. The van der Waals surface area contributed by atoms with Crippen molar-refractivity contribution in [1.82, 2.24) is 9.97 Å². The molecule has 0 aromatic carbocycles. The highest BCUT2D eigenvalue weighted by Crippen LogP contribution is 2.39. The van der Waals surface area contributed by atoms with Crippen LogP contribution in [0.1, 0.15) is 64.4 Å². The maximum atomic E-state index is 11.5. The van der Waals surface area contributed by atoms with Crippen molar-refractivity contribution in [3.8, 4) is 11.1 Å². The van der Waals surface area contributed by atoms with Crippen molar-refractivity contribution in [3.05, 3.63) is 41.5 Å². The van der Waals surface area contributed by atoms with Gasteiger partial charge in [-0.15, -0.1) is 0 Å². The van der Waals surface area contributed by atoms with Crippen LogP contribution in [0.5, 0.6) is 0 Å². The zero-order chi connectivity index (χ0) is 23.4. The van der Waals surface area contributed by atoms with Gasteiger partial charge >= 0.3 is 5.97 Å². The molecule has 2 aromatic heterocycles. The lowest BCUT2D eigenvalue weighted by Gasteiger charge is -2.40. The number of aryl methyl sites for hydroxylation is 2. The first-order valence-corrected chi connectivity index (χ1v) is 10.9. The fraction of sp³-hybridized carbons (Fsp3) is 0.560. The third-order valence-electron chi connectivity index (χ3n) is 5.33. The number of nitrogens with zero attached hydrogens (tertiary/aromatic N) is 3. The average Bonchev–Trinajstić information content (AvgIpc) is 2.62. The van der Waals surface area contributed by atoms with E-state index in [1.807, 2.05) is 32.2 Å². The van der Waals surface area contributed by atoms with E-state index in [2.05, 4.69) is 28.7 Å². The highest BCUT2D eigenvalue weighted by molar-refractivity contribution is 5.84. The third-order valence-corrected chi connectivity index (χ3v) is 5.33. The summed E-state index contributed by atoms with van der Waals surface area (Å²) >= 11 is 0. The Kier molecular flexibility index (Phi) is 7.82. The van der Waals surface area contributed by atoms with Crippen LogP contribution in [0.3, 0.4) is 0 Å². The molecule has 0 saturated carbocycles. The van der Waals surface area contributed by atoms with Gasteiger partial charge in [0.2, 0.25) is 0 Å². The SMILES string of the molecule is CC(C)(C)O.Cc1cc(-c2cnc(C)c(CC(=O)O)c2N2CCC(C)(C)CC2)ccn1. The zero-order valence-corrected chi connectivity index (χ0v) is 20.0. The van der Waals surface area contributed by atoms with E-state index < -0.39 is 11.6 Å². The second-order valence-corrected chi connectivity index (χ2v) is 10.2. The molecular formula is C25H37N3O3. The van der Waals surface area contributed by atoms with Crippen LogP contribution >= 0.6 is 0 Å². The molecule has 2 aromatic rings. The van der Waals surface area contributed by atoms with E-state index in [0.29, 0.717) is 5.41 Å². The molecule has 0 radical (unpaired) electrons. The zero-order valence-electron chi connectivity index (χ0n) is 20.0. The van der Waals surface area contributed by atoms with E-state index >= 15 is 0 Å². The molecule has 3 heterocycles. The largest absolute Gasteiger partial charge is 0.481 e. The van der Waals surface area contributed by atoms with Crippen molar-refractivity contribution in [2.75, 3.05) is 18.0 Å². The molecule has 6 heteroatoms. The second kappa shape index (κ2) is 9.77. The number of aliphatic hydroxyl groups is 1. The monoisotopic (exact) mass is 427 g/mol. The van der Waals surface area contributed by atoms with Crippen molar-refractivity contribution in [2.45, 2.75) is 73.3 Å². The predicted molar refractivity (Wildman–Crippen MR) is 125 cm³/mol. The number of carbonyl (C=O) groups is 1. The summed E-state index contributed by atoms with van der Waals surface area (Å²) in [5.74, 6) is -0.823. The standard InChI is InChI=1S/C21H27N3O2.C4H10O/c1-14-11-16(5-8-22-14)18-13-23-15(2)17(12-19(25)26)20(18)24-9-6-21(3,4)7-10-24;1-4(2,3)5/h5,8,11,13H,6-7,9-10,12H2,1-4H3,(H,25,26);5H,1-3H3. The molecule has 0 atom stereocenters. The van der Waals surface area contributed by atoms with Gasteiger partial charge in [-0.3, -0.25) is 14.8 Å². The normalized spacial score (nSPS) is 15.8. The van der Waals surface area contributed by atoms with Gasteiger partial charge in [0.05, 0.1) is 17.7 Å². The number of rotatable bonds is 4. The number of pyridine rings is 2. The molecule has 1 fully saturated rings. The van der Waals surface area contributed by atoms with Gasteiger partial charge in [0.15, 0.2) is 0 Å². The number of anilines is 1. The fourth-order valence-electron chi connectivity index (χ4n) is 3.62. The maximum Gasteiger partial charge on any atom is 0.307 e. The Hall–Kier alpha value is -2.47. The van der Waals surface area contributed by atoms with Gasteiger partial charge < -0.3 is 15.1 Å². The molecule has 0 amide bonds. The summed E-state index contributed by atoms with van der Waals surface area (Å²) in [6.07, 6.45) is 5.85. The van der Waals surface area contributed by atoms with E-state index in [0.717, 1.165) is 59.7 Å². The minimum atomic E-state index is -0.823. The summed E-state index contributed by atoms with van der Waals surface area (Å²) in [5.41, 5.74) is 5.45. The van der Waals surface area contributed by atoms with Gasteiger partial charge in [0.25, 0.3) is 0 Å². The molecule has 170 valence electrons. The average molecular weight is 428 g/mol. The van der Waals surface area contributed by atoms with Gasteiger partial charge in [-0.2, -0.15) is 0 Å². The lowest BCUT2D eigenvalue weighted by molar-refractivity contribution is -0.136. The quantitative estimate of drug-likeness (QED) is 0.729. The highest BCUT2D eigenvalue weighted by Gasteiger charge is 2.29. The molecule has 3 rings (SSSR count). The minimum absolute atomic E-state index is 0.00797. The Bertz CT molecular complexity index is 901. The first kappa shape index (κ1) is 24.8. The van der Waals surface area contributed by atoms with Crippen LogP contribution in [-0.2, 0) is 11.2 Å². The molecule has 1 saturated heterocycles. The summed E-state index contributed by atoms with van der Waals surface area (Å²) in [6, 6.07) is 4.01. The lowest BCUT2D eigenvalue weighted by Crippen LogP contribution is -2.38. The molecule has 0 unspecified atom stereocenters.